The minimum atomic E-state index is -4.93. The molecule has 66 valence electrons. The fourth-order valence-electron chi connectivity index (χ4n) is 1.03. The van der Waals surface area contributed by atoms with Crippen LogP contribution in [0.4, 0.5) is 18.6 Å². The van der Waals surface area contributed by atoms with Gasteiger partial charge in [0.15, 0.2) is 0 Å². The van der Waals surface area contributed by atoms with Gasteiger partial charge in [0.1, 0.15) is 0 Å². The van der Waals surface area contributed by atoms with Crippen molar-refractivity contribution < 1.29 is 64.3 Å². The molecule has 1 aromatic carbocycles. The molecule has 0 radical (unpaired) electrons. The van der Waals surface area contributed by atoms with E-state index < -0.39 is 12.4 Å². The van der Waals surface area contributed by atoms with Gasteiger partial charge in [-0.25, -0.2) is 0 Å². The number of hydrogen-bond donors (Lipinski definition) is 1. The molecular weight excluding hydrogens is 205 g/mol. The molecule has 0 aromatic heterocycles. The predicted molar refractivity (Wildman–Crippen MR) is 44.3 cm³/mol. The third-order valence-corrected chi connectivity index (χ3v) is 1.77. The summed E-state index contributed by atoms with van der Waals surface area (Å²) in [4.78, 5) is 0. The molecule has 0 fully saturated rings. The maximum Gasteiger partial charge on any atom is 1.00 e. The zero-order chi connectivity index (χ0) is 9.35. The second-order valence-corrected chi connectivity index (χ2v) is 2.64. The van der Waals surface area contributed by atoms with E-state index in [4.69, 9.17) is 5.73 Å². The second kappa shape index (κ2) is 4.84. The van der Waals surface area contributed by atoms with E-state index in [1.807, 2.05) is 0 Å². The van der Waals surface area contributed by atoms with Crippen LogP contribution in [0, 0.1) is 6.92 Å². The minimum Gasteiger partial charge on any atom is -0.445 e. The van der Waals surface area contributed by atoms with E-state index in [-0.39, 0.29) is 62.6 Å². The molecule has 1 aromatic rings. The van der Waals surface area contributed by atoms with Crippen molar-refractivity contribution in [3.05, 3.63) is 23.8 Å². The van der Waals surface area contributed by atoms with Crippen LogP contribution in [0.5, 0.6) is 0 Å². The second-order valence-electron chi connectivity index (χ2n) is 2.64. The standard InChI is InChI=1S/C7H8BF3N.K/c1-5-6(8(9,10)11)3-2-4-7(5)12;/h2-4H,12H2,1H3;/q-1;+1. The van der Waals surface area contributed by atoms with Crippen LogP contribution in [0.3, 0.4) is 0 Å². The third kappa shape index (κ3) is 3.29. The topological polar surface area (TPSA) is 26.0 Å². The number of nitrogen functional groups attached to an aromatic ring is 1. The molecule has 0 amide bonds. The maximum absolute atomic E-state index is 12.2. The third-order valence-electron chi connectivity index (χ3n) is 1.77. The molecule has 6 heteroatoms. The van der Waals surface area contributed by atoms with Crippen molar-refractivity contribution in [1.29, 1.82) is 0 Å². The van der Waals surface area contributed by atoms with Crippen molar-refractivity contribution in [1.82, 2.24) is 0 Å². The zero-order valence-corrected chi connectivity index (χ0v) is 10.6. The normalized spacial score (nSPS) is 10.8. The molecule has 0 spiro atoms. The molecule has 0 aliphatic carbocycles. The van der Waals surface area contributed by atoms with E-state index in [9.17, 15) is 12.9 Å². The van der Waals surface area contributed by atoms with Gasteiger partial charge in [-0.1, -0.05) is 17.7 Å². The monoisotopic (exact) mass is 213 g/mol. The van der Waals surface area contributed by atoms with Crippen LogP contribution in [0.25, 0.3) is 0 Å². The Kier molecular flexibility index (Phi) is 5.03. The summed E-state index contributed by atoms with van der Waals surface area (Å²) >= 11 is 0. The van der Waals surface area contributed by atoms with Crippen LogP contribution < -0.4 is 62.6 Å². The summed E-state index contributed by atoms with van der Waals surface area (Å²) in [5, 5.41) is 0. The van der Waals surface area contributed by atoms with Gasteiger partial charge in [0.05, 0.1) is 0 Å². The Balaban J connectivity index is 0.00000144. The summed E-state index contributed by atoms with van der Waals surface area (Å²) in [5.74, 6) is 0. The Labute approximate surface area is 117 Å². The molecule has 0 saturated carbocycles. The van der Waals surface area contributed by atoms with Crippen molar-refractivity contribution in [2.24, 2.45) is 0 Å². The van der Waals surface area contributed by atoms with E-state index in [1.54, 1.807) is 0 Å². The number of nitrogens with two attached hydrogens (primary N) is 1. The molecule has 0 aliphatic heterocycles. The first-order valence-electron chi connectivity index (χ1n) is 3.48. The van der Waals surface area contributed by atoms with Crippen LogP contribution in [-0.4, -0.2) is 6.98 Å². The van der Waals surface area contributed by atoms with E-state index in [0.29, 0.717) is 0 Å². The number of benzene rings is 1. The number of anilines is 1. The number of rotatable bonds is 1. The Morgan fingerprint density at radius 1 is 1.23 bits per heavy atom. The summed E-state index contributed by atoms with van der Waals surface area (Å²) in [6.07, 6.45) is 0. The first-order chi connectivity index (χ1) is 5.43. The van der Waals surface area contributed by atoms with Gasteiger partial charge in [0.2, 0.25) is 0 Å². The largest absolute Gasteiger partial charge is 1.00 e. The van der Waals surface area contributed by atoms with Gasteiger partial charge < -0.3 is 18.7 Å². The van der Waals surface area contributed by atoms with Crippen molar-refractivity contribution >= 4 is 18.1 Å². The van der Waals surface area contributed by atoms with E-state index >= 15 is 0 Å². The summed E-state index contributed by atoms with van der Waals surface area (Å²) < 4.78 is 36.7. The number of halogens is 3. The molecule has 1 rings (SSSR count). The fraction of sp³-hybridized carbons (Fsp3) is 0.143. The Morgan fingerprint density at radius 3 is 2.15 bits per heavy atom. The SMILES string of the molecule is Cc1c(N)cccc1[B-](F)(F)F.[K+]. The molecule has 0 heterocycles. The van der Waals surface area contributed by atoms with Crippen LogP contribution in [0.2, 0.25) is 0 Å². The van der Waals surface area contributed by atoms with Gasteiger partial charge in [0, 0.05) is 5.69 Å². The molecule has 13 heavy (non-hydrogen) atoms. The van der Waals surface area contributed by atoms with Gasteiger partial charge in [-0.2, -0.15) is 0 Å². The van der Waals surface area contributed by atoms with E-state index in [0.717, 1.165) is 6.07 Å². The minimum absolute atomic E-state index is 0. The molecular formula is C7H8BF3KN. The zero-order valence-electron chi connectivity index (χ0n) is 7.52. The summed E-state index contributed by atoms with van der Waals surface area (Å²) in [6, 6.07) is 3.82. The molecule has 0 atom stereocenters. The molecule has 0 aliphatic rings. The van der Waals surface area contributed by atoms with Crippen LogP contribution in [0.15, 0.2) is 18.2 Å². The van der Waals surface area contributed by atoms with Crippen molar-refractivity contribution in [3.63, 3.8) is 0 Å². The van der Waals surface area contributed by atoms with Gasteiger partial charge in [-0.3, -0.25) is 0 Å². The predicted octanol–water partition coefficient (Wildman–Crippen LogP) is -1.36. The van der Waals surface area contributed by atoms with Gasteiger partial charge in [-0.05, 0) is 13.0 Å². The molecule has 0 saturated heterocycles. The van der Waals surface area contributed by atoms with Crippen LogP contribution in [-0.2, 0) is 0 Å². The quantitative estimate of drug-likeness (QED) is 0.452. The Bertz CT molecular complexity index is 300. The molecule has 0 unspecified atom stereocenters. The van der Waals surface area contributed by atoms with Gasteiger partial charge in [0.25, 0.3) is 0 Å². The first-order valence-corrected chi connectivity index (χ1v) is 3.48. The van der Waals surface area contributed by atoms with Crippen LogP contribution in [0.1, 0.15) is 5.56 Å². The maximum atomic E-state index is 12.2. The number of hydrogen-bond acceptors (Lipinski definition) is 1. The first kappa shape index (κ1) is 13.5. The van der Waals surface area contributed by atoms with Gasteiger partial charge in [-0.15, -0.1) is 5.46 Å². The van der Waals surface area contributed by atoms with Crippen molar-refractivity contribution in [3.8, 4) is 0 Å². The van der Waals surface area contributed by atoms with Crippen LogP contribution >= 0.6 is 0 Å². The average molecular weight is 213 g/mol. The van der Waals surface area contributed by atoms with Gasteiger partial charge >= 0.3 is 58.4 Å². The summed E-state index contributed by atoms with van der Waals surface area (Å²) in [6.45, 7) is -3.55. The Hall–Kier alpha value is 0.511. The summed E-state index contributed by atoms with van der Waals surface area (Å²) in [7, 11) is 0. The van der Waals surface area contributed by atoms with Crippen molar-refractivity contribution in [2.75, 3.05) is 5.73 Å². The molecule has 2 N–H and O–H groups in total. The van der Waals surface area contributed by atoms with E-state index in [2.05, 4.69) is 0 Å². The fourth-order valence-corrected chi connectivity index (χ4v) is 1.03. The van der Waals surface area contributed by atoms with E-state index in [1.165, 1.54) is 19.1 Å². The molecule has 0 bridgehead atoms. The molecule has 1 nitrogen and oxygen atoms in total. The Morgan fingerprint density at radius 2 is 1.77 bits per heavy atom. The summed E-state index contributed by atoms with van der Waals surface area (Å²) in [5.41, 5.74) is 5.03. The van der Waals surface area contributed by atoms with Crippen molar-refractivity contribution in [2.45, 2.75) is 6.92 Å². The average Bonchev–Trinajstić information content (AvgIpc) is 1.92. The smallest absolute Gasteiger partial charge is 0.445 e.